The van der Waals surface area contributed by atoms with Crippen molar-refractivity contribution in [3.63, 3.8) is 0 Å². The van der Waals surface area contributed by atoms with Crippen molar-refractivity contribution < 1.29 is 34.6 Å². The predicted octanol–water partition coefficient (Wildman–Crippen LogP) is 2.24. The molecule has 90 valence electrons. The van der Waals surface area contributed by atoms with Gasteiger partial charge in [-0.1, -0.05) is 0 Å². The van der Waals surface area contributed by atoms with Gasteiger partial charge in [0.2, 0.25) is 34.8 Å². The van der Waals surface area contributed by atoms with Gasteiger partial charge in [0, 0.05) is 0 Å². The van der Waals surface area contributed by atoms with Crippen molar-refractivity contribution in [2.24, 2.45) is 0 Å². The third-order valence-corrected chi connectivity index (χ3v) is 1.91. The van der Waals surface area contributed by atoms with E-state index in [4.69, 9.17) is 0 Å². The summed E-state index contributed by atoms with van der Waals surface area (Å²) in [6, 6.07) is 0. The second-order valence-corrected chi connectivity index (χ2v) is 4.46. The molecule has 3 nitrogen and oxygen atoms in total. The molecule has 0 saturated heterocycles. The number of hydrogen-bond donors (Lipinski definition) is 0. The van der Waals surface area contributed by atoms with Crippen molar-refractivity contribution in [3.05, 3.63) is 29.1 Å². The van der Waals surface area contributed by atoms with Gasteiger partial charge in [-0.25, -0.2) is 13.2 Å². The van der Waals surface area contributed by atoms with E-state index in [0.717, 1.165) is 0 Å². The molecule has 1 aromatic carbocycles. The summed E-state index contributed by atoms with van der Waals surface area (Å²) in [4.78, 5) is 0. The van der Waals surface area contributed by atoms with Gasteiger partial charge in [0.25, 0.3) is 0 Å². The minimum absolute atomic E-state index is 1.98. The zero-order valence-corrected chi connectivity index (χ0v) is 8.47. The second kappa shape index (κ2) is 4.06. The molecule has 0 fully saturated rings. The molecule has 0 heterocycles. The van der Waals surface area contributed by atoms with Crippen molar-refractivity contribution in [2.75, 3.05) is 0 Å². The molecule has 0 amide bonds. The minimum atomic E-state index is -4.93. The highest BCUT2D eigenvalue weighted by Crippen LogP contribution is 2.30. The standard InChI is InChI=1S/C6ClF5O3S/c7-16(13,14)15-6-4(11)2(9)1(8)3(10)5(6)12. The molecule has 0 aliphatic heterocycles. The van der Waals surface area contributed by atoms with Gasteiger partial charge in [-0.2, -0.15) is 17.2 Å². The van der Waals surface area contributed by atoms with Gasteiger partial charge in [0.15, 0.2) is 0 Å². The molecule has 0 unspecified atom stereocenters. The third-order valence-electron chi connectivity index (χ3n) is 1.35. The van der Waals surface area contributed by atoms with E-state index in [-0.39, 0.29) is 0 Å². The highest BCUT2D eigenvalue weighted by Gasteiger charge is 2.29. The molecule has 0 spiro atoms. The van der Waals surface area contributed by atoms with E-state index in [1.165, 1.54) is 0 Å². The molecule has 0 bridgehead atoms. The maximum absolute atomic E-state index is 12.8. The maximum Gasteiger partial charge on any atom is 0.401 e. The Balaban J connectivity index is 3.52. The Labute approximate surface area is 90.0 Å². The molecule has 0 aliphatic carbocycles. The fraction of sp³-hybridized carbons (Fsp3) is 0. The Hall–Kier alpha value is -1.09. The molecule has 1 aromatic rings. The molecule has 16 heavy (non-hydrogen) atoms. The first-order valence-electron chi connectivity index (χ1n) is 3.30. The van der Waals surface area contributed by atoms with Crippen LogP contribution < -0.4 is 4.18 Å². The summed E-state index contributed by atoms with van der Waals surface area (Å²) in [6.45, 7) is 0. The van der Waals surface area contributed by atoms with Gasteiger partial charge in [-0.05, 0) is 0 Å². The van der Waals surface area contributed by atoms with E-state index in [2.05, 4.69) is 14.9 Å². The van der Waals surface area contributed by atoms with Crippen LogP contribution in [0.25, 0.3) is 0 Å². The highest BCUT2D eigenvalue weighted by atomic mass is 35.7. The number of hydrogen-bond acceptors (Lipinski definition) is 3. The molecule has 1 rings (SSSR count). The van der Waals surface area contributed by atoms with Crippen LogP contribution in [0, 0.1) is 29.1 Å². The Morgan fingerprint density at radius 2 is 1.12 bits per heavy atom. The smallest absolute Gasteiger partial charge is 0.364 e. The van der Waals surface area contributed by atoms with Crippen LogP contribution >= 0.6 is 10.7 Å². The second-order valence-electron chi connectivity index (χ2n) is 2.38. The summed E-state index contributed by atoms with van der Waals surface area (Å²) in [5.74, 6) is -14.0. The number of rotatable bonds is 2. The first-order valence-corrected chi connectivity index (χ1v) is 5.54. The molecular formula is C6ClF5O3S. The first-order chi connectivity index (χ1) is 7.15. The summed E-state index contributed by atoms with van der Waals surface area (Å²) in [6.07, 6.45) is 0. The van der Waals surface area contributed by atoms with Gasteiger partial charge in [-0.3, -0.25) is 0 Å². The van der Waals surface area contributed by atoms with Crippen LogP contribution in [0.4, 0.5) is 22.0 Å². The van der Waals surface area contributed by atoms with Gasteiger partial charge in [-0.15, -0.1) is 0 Å². The van der Waals surface area contributed by atoms with E-state index in [1.54, 1.807) is 0 Å². The van der Waals surface area contributed by atoms with Gasteiger partial charge in [0.1, 0.15) is 0 Å². The topological polar surface area (TPSA) is 43.4 Å². The molecule has 0 N–H and O–H groups in total. The van der Waals surface area contributed by atoms with E-state index in [9.17, 15) is 30.4 Å². The Morgan fingerprint density at radius 3 is 1.44 bits per heavy atom. The van der Waals surface area contributed by atoms with Crippen molar-refractivity contribution in [1.82, 2.24) is 0 Å². The van der Waals surface area contributed by atoms with Crippen LogP contribution in [0.5, 0.6) is 5.75 Å². The normalized spacial score (nSPS) is 11.6. The molecule has 0 atom stereocenters. The van der Waals surface area contributed by atoms with Crippen LogP contribution in [-0.4, -0.2) is 8.42 Å². The Bertz CT molecular complexity index is 515. The average Bonchev–Trinajstić information content (AvgIpc) is 2.17. The van der Waals surface area contributed by atoms with E-state index in [1.807, 2.05) is 0 Å². The number of halogens is 6. The van der Waals surface area contributed by atoms with E-state index in [0.29, 0.717) is 0 Å². The maximum atomic E-state index is 12.8. The predicted molar refractivity (Wildman–Crippen MR) is 41.6 cm³/mol. The van der Waals surface area contributed by atoms with Crippen molar-refractivity contribution in [2.45, 2.75) is 0 Å². The van der Waals surface area contributed by atoms with Crippen LogP contribution in [0.1, 0.15) is 0 Å². The number of benzene rings is 1. The zero-order valence-electron chi connectivity index (χ0n) is 6.90. The van der Waals surface area contributed by atoms with E-state index >= 15 is 0 Å². The van der Waals surface area contributed by atoms with Crippen LogP contribution in [0.15, 0.2) is 0 Å². The van der Waals surface area contributed by atoms with E-state index < -0.39 is 44.2 Å². The Morgan fingerprint density at radius 1 is 0.812 bits per heavy atom. The van der Waals surface area contributed by atoms with Crippen molar-refractivity contribution in [3.8, 4) is 5.75 Å². The lowest BCUT2D eigenvalue weighted by Crippen LogP contribution is -2.09. The van der Waals surface area contributed by atoms with Crippen LogP contribution in [0.2, 0.25) is 0 Å². The fourth-order valence-electron chi connectivity index (χ4n) is 0.757. The molecule has 0 saturated carbocycles. The first kappa shape index (κ1) is 13.0. The fourth-order valence-corrected chi connectivity index (χ4v) is 1.29. The summed E-state index contributed by atoms with van der Waals surface area (Å²) in [5, 5.41) is 0. The van der Waals surface area contributed by atoms with Gasteiger partial charge >= 0.3 is 9.33 Å². The Kier molecular flexibility index (Phi) is 3.29. The van der Waals surface area contributed by atoms with Crippen LogP contribution in [-0.2, 0) is 9.33 Å². The van der Waals surface area contributed by atoms with Crippen molar-refractivity contribution >= 4 is 20.0 Å². The lowest BCUT2D eigenvalue weighted by Gasteiger charge is -2.06. The molecule has 0 aliphatic rings. The third kappa shape index (κ3) is 2.35. The molecule has 10 heteroatoms. The zero-order chi connectivity index (χ0) is 12.7. The SMILES string of the molecule is O=S(=O)(Cl)Oc1c(F)c(F)c(F)c(F)c1F. The summed E-state index contributed by atoms with van der Waals surface area (Å²) < 4.78 is 87.0. The molecule has 0 aromatic heterocycles. The largest absolute Gasteiger partial charge is 0.401 e. The highest BCUT2D eigenvalue weighted by molar-refractivity contribution is 8.10. The van der Waals surface area contributed by atoms with Crippen LogP contribution in [0.3, 0.4) is 0 Å². The monoisotopic (exact) mass is 282 g/mol. The summed E-state index contributed by atoms with van der Waals surface area (Å²) in [5.41, 5.74) is 0. The summed E-state index contributed by atoms with van der Waals surface area (Å²) >= 11 is 0. The molecule has 0 radical (unpaired) electrons. The lowest BCUT2D eigenvalue weighted by atomic mass is 10.3. The quantitative estimate of drug-likeness (QED) is 0.362. The minimum Gasteiger partial charge on any atom is -0.364 e. The molecular weight excluding hydrogens is 283 g/mol. The lowest BCUT2D eigenvalue weighted by molar-refractivity contribution is 0.349. The van der Waals surface area contributed by atoms with Gasteiger partial charge in [0.05, 0.1) is 10.7 Å². The van der Waals surface area contributed by atoms with Gasteiger partial charge < -0.3 is 4.18 Å². The summed E-state index contributed by atoms with van der Waals surface area (Å²) in [7, 11) is -0.498. The average molecular weight is 283 g/mol. The van der Waals surface area contributed by atoms with Crippen molar-refractivity contribution in [1.29, 1.82) is 0 Å².